The number of aliphatic carboxylic acids is 1. The van der Waals surface area contributed by atoms with Crippen molar-refractivity contribution in [3.05, 3.63) is 35.4 Å². The fraction of sp³-hybridized carbons (Fsp3) is 0.429. The van der Waals surface area contributed by atoms with E-state index in [9.17, 15) is 9.90 Å². The Morgan fingerprint density at radius 3 is 2.78 bits per heavy atom. The van der Waals surface area contributed by atoms with Crippen LogP contribution in [0.5, 0.6) is 0 Å². The van der Waals surface area contributed by atoms with Gasteiger partial charge in [-0.05, 0) is 25.0 Å². The number of hydrogen-bond acceptors (Lipinski definition) is 3. The molecule has 4 nitrogen and oxygen atoms in total. The summed E-state index contributed by atoms with van der Waals surface area (Å²) in [7, 11) is 0. The maximum atomic E-state index is 10.9. The van der Waals surface area contributed by atoms with Gasteiger partial charge in [0.2, 0.25) is 0 Å². The molecule has 1 unspecified atom stereocenters. The monoisotopic (exact) mass is 244 g/mol. The molecule has 1 heterocycles. The normalized spacial score (nSPS) is 23.3. The van der Waals surface area contributed by atoms with Crippen LogP contribution < -0.4 is 10.0 Å². The molecule has 1 aromatic carbocycles. The summed E-state index contributed by atoms with van der Waals surface area (Å²) in [6, 6.07) is 9.57. The Balaban J connectivity index is 1.96. The highest BCUT2D eigenvalue weighted by atomic mass is 16.4. The Bertz CT molecular complexity index is 462. The number of nitriles is 1. The van der Waals surface area contributed by atoms with Crippen LogP contribution in [0.4, 0.5) is 0 Å². The number of carboxylic acids is 1. The Kier molecular flexibility index (Phi) is 3.96. The molecule has 1 fully saturated rings. The summed E-state index contributed by atoms with van der Waals surface area (Å²) >= 11 is 0. The number of nitrogens with zero attached hydrogens (tertiary/aromatic N) is 1. The molecule has 0 aromatic heterocycles. The first-order valence-corrected chi connectivity index (χ1v) is 6.22. The Labute approximate surface area is 106 Å². The highest BCUT2D eigenvalue weighted by Gasteiger charge is 2.23. The average Bonchev–Trinajstić information content (AvgIpc) is 2.40. The van der Waals surface area contributed by atoms with Crippen molar-refractivity contribution in [3.63, 3.8) is 0 Å². The van der Waals surface area contributed by atoms with Crippen LogP contribution in [0.25, 0.3) is 0 Å². The number of rotatable bonds is 3. The van der Waals surface area contributed by atoms with Crippen LogP contribution in [-0.4, -0.2) is 19.1 Å². The largest absolute Gasteiger partial charge is 0.550 e. The number of hydrogen-bond donors (Lipinski definition) is 1. The van der Waals surface area contributed by atoms with Crippen molar-refractivity contribution in [3.8, 4) is 6.07 Å². The molecule has 1 saturated heterocycles. The van der Waals surface area contributed by atoms with Gasteiger partial charge in [0.05, 0.1) is 30.7 Å². The van der Waals surface area contributed by atoms with E-state index in [1.54, 1.807) is 12.1 Å². The maximum Gasteiger partial charge on any atom is 0.103 e. The standard InChI is InChI=1S/C14H16N2O2/c15-8-11-3-5-12(6-4-11)9-16-7-1-2-13(10-16)14(17)18/h3-6,13H,1-2,7,9-10H2,(H,17,18)/t13-/m0/s1. The Hall–Kier alpha value is -1.86. The van der Waals surface area contributed by atoms with Gasteiger partial charge < -0.3 is 14.8 Å². The second kappa shape index (κ2) is 5.65. The number of quaternary nitrogens is 1. The second-order valence-corrected chi connectivity index (χ2v) is 4.85. The third-order valence-electron chi connectivity index (χ3n) is 3.49. The Morgan fingerprint density at radius 2 is 2.17 bits per heavy atom. The van der Waals surface area contributed by atoms with Crippen molar-refractivity contribution in [1.82, 2.24) is 0 Å². The lowest BCUT2D eigenvalue weighted by Crippen LogP contribution is -3.12. The van der Waals surface area contributed by atoms with Gasteiger partial charge in [-0.3, -0.25) is 0 Å². The van der Waals surface area contributed by atoms with Gasteiger partial charge in [-0.1, -0.05) is 12.1 Å². The minimum atomic E-state index is -0.924. The third-order valence-corrected chi connectivity index (χ3v) is 3.49. The molecule has 1 aromatic rings. The molecule has 94 valence electrons. The van der Waals surface area contributed by atoms with E-state index >= 15 is 0 Å². The van der Waals surface area contributed by atoms with E-state index in [0.717, 1.165) is 31.5 Å². The van der Waals surface area contributed by atoms with E-state index in [1.165, 1.54) is 4.90 Å². The van der Waals surface area contributed by atoms with Crippen LogP contribution >= 0.6 is 0 Å². The van der Waals surface area contributed by atoms with Crippen LogP contribution in [0.3, 0.4) is 0 Å². The number of likely N-dealkylation sites (tertiary alicyclic amines) is 1. The zero-order chi connectivity index (χ0) is 13.0. The minimum absolute atomic E-state index is 0.313. The summed E-state index contributed by atoms with van der Waals surface area (Å²) < 4.78 is 0. The van der Waals surface area contributed by atoms with Crippen molar-refractivity contribution in [2.24, 2.45) is 5.92 Å². The number of benzene rings is 1. The molecule has 2 atom stereocenters. The van der Waals surface area contributed by atoms with E-state index in [0.29, 0.717) is 12.1 Å². The second-order valence-electron chi connectivity index (χ2n) is 4.85. The molecule has 0 radical (unpaired) electrons. The van der Waals surface area contributed by atoms with Crippen molar-refractivity contribution in [2.45, 2.75) is 19.4 Å². The summed E-state index contributed by atoms with van der Waals surface area (Å²) in [5, 5.41) is 19.6. The molecule has 2 rings (SSSR count). The summed E-state index contributed by atoms with van der Waals surface area (Å²) in [5.74, 6) is -1.24. The number of piperidine rings is 1. The highest BCUT2D eigenvalue weighted by Crippen LogP contribution is 2.07. The van der Waals surface area contributed by atoms with Gasteiger partial charge in [0.25, 0.3) is 0 Å². The lowest BCUT2D eigenvalue weighted by molar-refractivity contribution is -0.921. The van der Waals surface area contributed by atoms with E-state index < -0.39 is 5.97 Å². The van der Waals surface area contributed by atoms with E-state index in [1.807, 2.05) is 12.1 Å². The van der Waals surface area contributed by atoms with Gasteiger partial charge in [0.1, 0.15) is 6.54 Å². The average molecular weight is 244 g/mol. The molecule has 1 aliphatic heterocycles. The van der Waals surface area contributed by atoms with Crippen molar-refractivity contribution < 1.29 is 14.8 Å². The van der Waals surface area contributed by atoms with Crippen LogP contribution in [0, 0.1) is 17.2 Å². The first-order valence-electron chi connectivity index (χ1n) is 6.22. The first kappa shape index (κ1) is 12.6. The first-order chi connectivity index (χ1) is 8.69. The van der Waals surface area contributed by atoms with E-state index in [-0.39, 0.29) is 5.92 Å². The van der Waals surface area contributed by atoms with Crippen molar-refractivity contribution >= 4 is 5.97 Å². The third kappa shape index (κ3) is 3.08. The van der Waals surface area contributed by atoms with Crippen molar-refractivity contribution in [1.29, 1.82) is 5.26 Å². The molecule has 1 N–H and O–H groups in total. The minimum Gasteiger partial charge on any atom is -0.550 e. The van der Waals surface area contributed by atoms with Gasteiger partial charge in [0.15, 0.2) is 0 Å². The number of carboxylic acid groups (broad SMARTS) is 1. The van der Waals surface area contributed by atoms with Crippen LogP contribution in [-0.2, 0) is 11.3 Å². The summed E-state index contributed by atoms with van der Waals surface area (Å²) in [4.78, 5) is 12.2. The predicted molar refractivity (Wildman–Crippen MR) is 63.3 cm³/mol. The van der Waals surface area contributed by atoms with Gasteiger partial charge in [-0.2, -0.15) is 5.26 Å². The number of carbonyl (C=O) groups excluding carboxylic acids is 1. The molecular weight excluding hydrogens is 228 g/mol. The molecule has 0 saturated carbocycles. The summed E-state index contributed by atoms with van der Waals surface area (Å²) in [5.41, 5.74) is 1.79. The van der Waals surface area contributed by atoms with Crippen LogP contribution in [0.1, 0.15) is 24.0 Å². The number of carbonyl (C=O) groups is 1. The van der Waals surface area contributed by atoms with Crippen LogP contribution in [0.2, 0.25) is 0 Å². The Morgan fingerprint density at radius 1 is 1.44 bits per heavy atom. The molecule has 0 spiro atoms. The smallest absolute Gasteiger partial charge is 0.103 e. The lowest BCUT2D eigenvalue weighted by atomic mass is 9.98. The maximum absolute atomic E-state index is 10.9. The SMILES string of the molecule is N#Cc1ccc(C[NH+]2CCC[C@H](C(=O)[O-])C2)cc1. The molecule has 4 heteroatoms. The topological polar surface area (TPSA) is 68.4 Å². The van der Waals surface area contributed by atoms with Gasteiger partial charge in [-0.25, -0.2) is 0 Å². The zero-order valence-corrected chi connectivity index (χ0v) is 10.2. The lowest BCUT2D eigenvalue weighted by Gasteiger charge is -2.30. The highest BCUT2D eigenvalue weighted by molar-refractivity contribution is 5.67. The quantitative estimate of drug-likeness (QED) is 0.749. The molecule has 1 aliphatic rings. The van der Waals surface area contributed by atoms with Gasteiger partial charge >= 0.3 is 0 Å². The molecule has 0 bridgehead atoms. The fourth-order valence-electron chi connectivity index (χ4n) is 2.50. The van der Waals surface area contributed by atoms with Gasteiger partial charge in [0, 0.05) is 11.5 Å². The van der Waals surface area contributed by atoms with E-state index in [4.69, 9.17) is 5.26 Å². The summed E-state index contributed by atoms with van der Waals surface area (Å²) in [6.45, 7) is 2.46. The van der Waals surface area contributed by atoms with Gasteiger partial charge in [-0.15, -0.1) is 0 Å². The summed E-state index contributed by atoms with van der Waals surface area (Å²) in [6.07, 6.45) is 1.67. The molecule has 18 heavy (non-hydrogen) atoms. The molecule has 0 aliphatic carbocycles. The molecule has 0 amide bonds. The predicted octanol–water partition coefficient (Wildman–Crippen LogP) is -0.897. The zero-order valence-electron chi connectivity index (χ0n) is 10.2. The molecular formula is C14H16N2O2. The van der Waals surface area contributed by atoms with E-state index in [2.05, 4.69) is 6.07 Å². The fourth-order valence-corrected chi connectivity index (χ4v) is 2.50. The van der Waals surface area contributed by atoms with Crippen LogP contribution in [0.15, 0.2) is 24.3 Å². The number of nitrogens with one attached hydrogen (secondary N) is 1. The van der Waals surface area contributed by atoms with Crippen molar-refractivity contribution in [2.75, 3.05) is 13.1 Å².